The maximum absolute atomic E-state index is 11.7. The van der Waals surface area contributed by atoms with Gasteiger partial charge in [-0.3, -0.25) is 5.32 Å². The standard InChI is InChI=1S/C12H9Cl2IN2O2S/c1-6-10(11(15)20-17-6)16-12(18)19-5-7-3-2-4-8(13)9(7)14/h2-4H,5H2,1H3,(H,16,18). The van der Waals surface area contributed by atoms with E-state index in [0.29, 0.717) is 21.3 Å². The van der Waals surface area contributed by atoms with Crippen molar-refractivity contribution >= 4 is 69.1 Å². The topological polar surface area (TPSA) is 51.2 Å². The summed E-state index contributed by atoms with van der Waals surface area (Å²) in [5, 5.41) is 3.49. The van der Waals surface area contributed by atoms with Crippen molar-refractivity contribution in [1.82, 2.24) is 4.37 Å². The Bertz CT molecular complexity index is 629. The molecule has 4 nitrogen and oxygen atoms in total. The third-order valence-electron chi connectivity index (χ3n) is 2.44. The fraction of sp³-hybridized carbons (Fsp3) is 0.167. The molecular weight excluding hydrogens is 434 g/mol. The van der Waals surface area contributed by atoms with Gasteiger partial charge >= 0.3 is 6.09 Å². The SMILES string of the molecule is Cc1nsc(I)c1NC(=O)OCc1cccc(Cl)c1Cl. The van der Waals surface area contributed by atoms with E-state index >= 15 is 0 Å². The summed E-state index contributed by atoms with van der Waals surface area (Å²) in [7, 11) is 0. The number of halogens is 3. The summed E-state index contributed by atoms with van der Waals surface area (Å²) in [6, 6.07) is 5.18. The molecule has 0 spiro atoms. The quantitative estimate of drug-likeness (QED) is 0.671. The molecule has 0 saturated carbocycles. The molecular formula is C12H9Cl2IN2O2S. The van der Waals surface area contributed by atoms with Crippen LogP contribution in [-0.2, 0) is 11.3 Å². The molecule has 1 heterocycles. The van der Waals surface area contributed by atoms with E-state index in [0.717, 1.165) is 8.58 Å². The lowest BCUT2D eigenvalue weighted by molar-refractivity contribution is 0.155. The molecule has 8 heteroatoms. The van der Waals surface area contributed by atoms with Crippen LogP contribution < -0.4 is 5.32 Å². The zero-order valence-electron chi connectivity index (χ0n) is 10.2. The molecule has 0 saturated heterocycles. The molecule has 2 aromatic rings. The van der Waals surface area contributed by atoms with Crippen LogP contribution in [0.15, 0.2) is 18.2 Å². The third-order valence-corrected chi connectivity index (χ3v) is 5.16. The second-order valence-electron chi connectivity index (χ2n) is 3.83. The van der Waals surface area contributed by atoms with Crippen LogP contribution in [0.5, 0.6) is 0 Å². The second-order valence-corrected chi connectivity index (χ2v) is 7.20. The number of carbonyl (C=O) groups is 1. The van der Waals surface area contributed by atoms with Gasteiger partial charge < -0.3 is 4.74 Å². The van der Waals surface area contributed by atoms with Crippen molar-refractivity contribution in [3.05, 3.63) is 42.4 Å². The van der Waals surface area contributed by atoms with Crippen molar-refractivity contribution in [2.45, 2.75) is 13.5 Å². The van der Waals surface area contributed by atoms with Gasteiger partial charge in [-0.25, -0.2) is 4.79 Å². The van der Waals surface area contributed by atoms with Crippen LogP contribution in [0.1, 0.15) is 11.3 Å². The number of aryl methyl sites for hydroxylation is 1. The van der Waals surface area contributed by atoms with Gasteiger partial charge in [0, 0.05) is 5.56 Å². The summed E-state index contributed by atoms with van der Waals surface area (Å²) in [6.45, 7) is 1.88. The van der Waals surface area contributed by atoms with Crippen molar-refractivity contribution < 1.29 is 9.53 Å². The highest BCUT2D eigenvalue weighted by molar-refractivity contribution is 14.1. The lowest BCUT2D eigenvalue weighted by atomic mass is 10.2. The maximum Gasteiger partial charge on any atom is 0.412 e. The number of rotatable bonds is 3. The molecule has 1 amide bonds. The Morgan fingerprint density at radius 1 is 1.50 bits per heavy atom. The smallest absolute Gasteiger partial charge is 0.412 e. The first-order valence-corrected chi connectivity index (χ1v) is 8.08. The van der Waals surface area contributed by atoms with Crippen molar-refractivity contribution in [3.8, 4) is 0 Å². The van der Waals surface area contributed by atoms with Gasteiger partial charge in [0.25, 0.3) is 0 Å². The number of anilines is 1. The average Bonchev–Trinajstić information content (AvgIpc) is 2.72. The highest BCUT2D eigenvalue weighted by atomic mass is 127. The number of amides is 1. The zero-order valence-corrected chi connectivity index (χ0v) is 14.7. The van der Waals surface area contributed by atoms with Gasteiger partial charge in [0.2, 0.25) is 0 Å². The van der Waals surface area contributed by atoms with E-state index in [2.05, 4.69) is 32.3 Å². The number of aromatic nitrogens is 1. The van der Waals surface area contributed by atoms with E-state index in [4.69, 9.17) is 27.9 Å². The molecule has 2 rings (SSSR count). The third kappa shape index (κ3) is 3.75. The molecule has 0 aliphatic carbocycles. The van der Waals surface area contributed by atoms with Crippen molar-refractivity contribution in [2.75, 3.05) is 5.32 Å². The monoisotopic (exact) mass is 442 g/mol. The van der Waals surface area contributed by atoms with Crippen LogP contribution in [0.25, 0.3) is 0 Å². The molecule has 1 aromatic carbocycles. The van der Waals surface area contributed by atoms with Gasteiger partial charge in [0.1, 0.15) is 9.49 Å². The first kappa shape index (κ1) is 15.8. The van der Waals surface area contributed by atoms with E-state index in [-0.39, 0.29) is 6.61 Å². The molecule has 1 N–H and O–H groups in total. The molecule has 20 heavy (non-hydrogen) atoms. The van der Waals surface area contributed by atoms with Crippen LogP contribution in [0.2, 0.25) is 10.0 Å². The van der Waals surface area contributed by atoms with E-state index < -0.39 is 6.09 Å². The highest BCUT2D eigenvalue weighted by Gasteiger charge is 2.13. The minimum absolute atomic E-state index is 0.0540. The van der Waals surface area contributed by atoms with E-state index in [9.17, 15) is 4.79 Å². The summed E-state index contributed by atoms with van der Waals surface area (Å²) in [5.74, 6) is 0. The Balaban J connectivity index is 1.98. The van der Waals surface area contributed by atoms with Gasteiger partial charge in [-0.05, 0) is 47.1 Å². The average molecular weight is 443 g/mol. The van der Waals surface area contributed by atoms with Gasteiger partial charge in [0.05, 0.1) is 21.4 Å². The molecule has 0 fully saturated rings. The number of hydrogen-bond acceptors (Lipinski definition) is 4. The number of nitrogens with one attached hydrogen (secondary N) is 1. The minimum atomic E-state index is -0.553. The summed E-state index contributed by atoms with van der Waals surface area (Å²) in [6.07, 6.45) is -0.553. The Morgan fingerprint density at radius 3 is 2.90 bits per heavy atom. The molecule has 0 radical (unpaired) electrons. The molecule has 0 bridgehead atoms. The van der Waals surface area contributed by atoms with Gasteiger partial charge in [0.15, 0.2) is 0 Å². The maximum atomic E-state index is 11.7. The lowest BCUT2D eigenvalue weighted by Gasteiger charge is -2.08. The first-order chi connectivity index (χ1) is 9.49. The lowest BCUT2D eigenvalue weighted by Crippen LogP contribution is -2.14. The largest absolute Gasteiger partial charge is 0.444 e. The summed E-state index contributed by atoms with van der Waals surface area (Å²) in [4.78, 5) is 11.7. The molecule has 0 atom stereocenters. The fourth-order valence-corrected chi connectivity index (χ4v) is 3.22. The number of hydrogen-bond donors (Lipinski definition) is 1. The Labute approximate surface area is 143 Å². The molecule has 0 unspecified atom stereocenters. The summed E-state index contributed by atoms with van der Waals surface area (Å²) >= 11 is 15.3. The fourth-order valence-electron chi connectivity index (χ4n) is 1.42. The van der Waals surface area contributed by atoms with Gasteiger partial charge in [-0.15, -0.1) is 0 Å². The van der Waals surface area contributed by atoms with Crippen molar-refractivity contribution in [1.29, 1.82) is 0 Å². The predicted molar refractivity (Wildman–Crippen MR) is 89.8 cm³/mol. The molecule has 106 valence electrons. The predicted octanol–water partition coefficient (Wildman–Crippen LogP) is 5.11. The first-order valence-electron chi connectivity index (χ1n) is 5.47. The van der Waals surface area contributed by atoms with Crippen molar-refractivity contribution in [2.24, 2.45) is 0 Å². The Morgan fingerprint density at radius 2 is 2.25 bits per heavy atom. The van der Waals surface area contributed by atoms with Gasteiger partial charge in [-0.2, -0.15) is 4.37 Å². The number of ether oxygens (including phenoxy) is 1. The van der Waals surface area contributed by atoms with Crippen LogP contribution in [0.4, 0.5) is 10.5 Å². The van der Waals surface area contributed by atoms with Crippen LogP contribution >= 0.6 is 57.3 Å². The number of benzene rings is 1. The normalized spacial score (nSPS) is 10.4. The summed E-state index contributed by atoms with van der Waals surface area (Å²) in [5.41, 5.74) is 2.10. The van der Waals surface area contributed by atoms with Crippen LogP contribution in [0.3, 0.4) is 0 Å². The van der Waals surface area contributed by atoms with Crippen molar-refractivity contribution in [3.63, 3.8) is 0 Å². The highest BCUT2D eigenvalue weighted by Crippen LogP contribution is 2.27. The second kappa shape index (κ2) is 6.93. The molecule has 0 aliphatic heterocycles. The van der Waals surface area contributed by atoms with Gasteiger partial charge in [-0.1, -0.05) is 35.3 Å². The van der Waals surface area contributed by atoms with E-state index in [1.807, 2.05) is 6.92 Å². The van der Waals surface area contributed by atoms with Crippen LogP contribution in [0, 0.1) is 9.81 Å². The minimum Gasteiger partial charge on any atom is -0.444 e. The Hall–Kier alpha value is -0.570. The molecule has 1 aromatic heterocycles. The van der Waals surface area contributed by atoms with E-state index in [1.54, 1.807) is 18.2 Å². The number of nitrogens with zero attached hydrogens (tertiary/aromatic N) is 1. The van der Waals surface area contributed by atoms with Crippen LogP contribution in [-0.4, -0.2) is 10.5 Å². The summed E-state index contributed by atoms with van der Waals surface area (Å²) < 4.78 is 10.2. The number of carbonyl (C=O) groups excluding carboxylic acids is 1. The zero-order chi connectivity index (χ0) is 14.7. The Kier molecular flexibility index (Phi) is 5.48. The van der Waals surface area contributed by atoms with E-state index in [1.165, 1.54) is 11.5 Å². The molecule has 0 aliphatic rings.